The first kappa shape index (κ1) is 22.5. The van der Waals surface area contributed by atoms with Crippen molar-refractivity contribution < 1.29 is 9.59 Å². The van der Waals surface area contributed by atoms with Gasteiger partial charge < -0.3 is 10.2 Å². The van der Waals surface area contributed by atoms with E-state index in [0.717, 1.165) is 34.7 Å². The Kier molecular flexibility index (Phi) is 7.22. The number of thiazole rings is 1. The molecule has 1 fully saturated rings. The average Bonchev–Trinajstić information content (AvgIpc) is 3.21. The lowest BCUT2D eigenvalue weighted by atomic mass is 9.93. The molecule has 1 aliphatic rings. The van der Waals surface area contributed by atoms with Crippen LogP contribution in [0.1, 0.15) is 40.2 Å². The van der Waals surface area contributed by atoms with Crippen molar-refractivity contribution in [2.45, 2.75) is 32.7 Å². The molecule has 3 aromatic rings. The summed E-state index contributed by atoms with van der Waals surface area (Å²) in [5.41, 5.74) is 2.72. The summed E-state index contributed by atoms with van der Waals surface area (Å²) >= 11 is 7.61. The van der Waals surface area contributed by atoms with Gasteiger partial charge in [0.1, 0.15) is 9.88 Å². The summed E-state index contributed by atoms with van der Waals surface area (Å²) in [5.74, 6) is 0.358. The summed E-state index contributed by atoms with van der Waals surface area (Å²) in [5, 5.41) is 4.49. The standard InChI is InChI=1S/C25H26ClN3O2S/c1-17-23(32-24(28-17)19-7-3-2-4-8-19)25(31)29-13-11-18(12-14-29)15-22(30)27-16-20-9-5-6-10-21(20)26/h2-10,18H,11-16H2,1H3,(H,27,30). The van der Waals surface area contributed by atoms with Crippen LogP contribution in [0.3, 0.4) is 0 Å². The third-order valence-corrected chi connectivity index (χ3v) is 7.38. The predicted molar refractivity (Wildman–Crippen MR) is 129 cm³/mol. The number of carbonyl (C=O) groups excluding carboxylic acids is 2. The highest BCUT2D eigenvalue weighted by atomic mass is 35.5. The fourth-order valence-corrected chi connectivity index (χ4v) is 5.19. The van der Waals surface area contributed by atoms with Gasteiger partial charge in [-0.15, -0.1) is 11.3 Å². The van der Waals surface area contributed by atoms with Gasteiger partial charge in [-0.25, -0.2) is 4.98 Å². The third kappa shape index (κ3) is 5.37. The lowest BCUT2D eigenvalue weighted by Crippen LogP contribution is -2.39. The Morgan fingerprint density at radius 3 is 2.50 bits per heavy atom. The zero-order valence-electron chi connectivity index (χ0n) is 18.0. The van der Waals surface area contributed by atoms with Crippen LogP contribution in [0.5, 0.6) is 0 Å². The third-order valence-electron chi connectivity index (χ3n) is 5.82. The fraction of sp³-hybridized carbons (Fsp3) is 0.320. The maximum Gasteiger partial charge on any atom is 0.265 e. The number of benzene rings is 2. The second kappa shape index (κ2) is 10.3. The molecule has 0 unspecified atom stereocenters. The largest absolute Gasteiger partial charge is 0.352 e. The Balaban J connectivity index is 1.28. The molecule has 2 amide bonds. The van der Waals surface area contributed by atoms with E-state index in [-0.39, 0.29) is 17.7 Å². The van der Waals surface area contributed by atoms with Crippen molar-refractivity contribution >= 4 is 34.8 Å². The molecule has 166 valence electrons. The monoisotopic (exact) mass is 467 g/mol. The Bertz CT molecular complexity index is 1090. The van der Waals surface area contributed by atoms with E-state index >= 15 is 0 Å². The first-order valence-electron chi connectivity index (χ1n) is 10.8. The molecule has 5 nitrogen and oxygen atoms in total. The summed E-state index contributed by atoms with van der Waals surface area (Å²) < 4.78 is 0. The summed E-state index contributed by atoms with van der Waals surface area (Å²) in [7, 11) is 0. The van der Waals surface area contributed by atoms with Gasteiger partial charge in [0.25, 0.3) is 5.91 Å². The Labute approximate surface area is 197 Å². The molecule has 2 heterocycles. The van der Waals surface area contributed by atoms with Gasteiger partial charge in [0, 0.05) is 36.6 Å². The van der Waals surface area contributed by atoms with E-state index in [2.05, 4.69) is 10.3 Å². The van der Waals surface area contributed by atoms with Crippen molar-refractivity contribution in [2.75, 3.05) is 13.1 Å². The topological polar surface area (TPSA) is 62.3 Å². The minimum atomic E-state index is 0.0282. The van der Waals surface area contributed by atoms with Crippen LogP contribution in [0, 0.1) is 12.8 Å². The molecule has 1 N–H and O–H groups in total. The molecule has 0 radical (unpaired) electrons. The normalized spacial score (nSPS) is 14.4. The maximum absolute atomic E-state index is 13.1. The van der Waals surface area contributed by atoms with E-state index in [1.807, 2.05) is 66.4 Å². The summed E-state index contributed by atoms with van der Waals surface area (Å²) in [6.07, 6.45) is 2.13. The van der Waals surface area contributed by atoms with Crippen LogP contribution in [0.15, 0.2) is 54.6 Å². The molecular weight excluding hydrogens is 442 g/mol. The van der Waals surface area contributed by atoms with E-state index < -0.39 is 0 Å². The second-order valence-electron chi connectivity index (χ2n) is 8.11. The minimum absolute atomic E-state index is 0.0282. The number of amides is 2. The molecule has 32 heavy (non-hydrogen) atoms. The van der Waals surface area contributed by atoms with Crippen molar-refractivity contribution in [1.82, 2.24) is 15.2 Å². The Morgan fingerprint density at radius 1 is 1.09 bits per heavy atom. The lowest BCUT2D eigenvalue weighted by Gasteiger charge is -2.31. The zero-order chi connectivity index (χ0) is 22.5. The van der Waals surface area contributed by atoms with Crippen LogP contribution in [0.25, 0.3) is 10.6 Å². The van der Waals surface area contributed by atoms with Crippen molar-refractivity contribution in [3.8, 4) is 10.6 Å². The Morgan fingerprint density at radius 2 is 1.78 bits per heavy atom. The highest BCUT2D eigenvalue weighted by Gasteiger charge is 2.27. The van der Waals surface area contributed by atoms with Crippen LogP contribution in [-0.4, -0.2) is 34.8 Å². The number of halogens is 1. The van der Waals surface area contributed by atoms with Crippen LogP contribution in [-0.2, 0) is 11.3 Å². The Hall–Kier alpha value is -2.70. The van der Waals surface area contributed by atoms with Crippen LogP contribution < -0.4 is 5.32 Å². The molecule has 0 saturated carbocycles. The molecule has 0 bridgehead atoms. The number of aromatic nitrogens is 1. The molecule has 0 spiro atoms. The molecule has 7 heteroatoms. The highest BCUT2D eigenvalue weighted by molar-refractivity contribution is 7.17. The van der Waals surface area contributed by atoms with Gasteiger partial charge >= 0.3 is 0 Å². The number of aryl methyl sites for hydroxylation is 1. The predicted octanol–water partition coefficient (Wildman–Crippen LogP) is 5.33. The molecule has 0 atom stereocenters. The van der Waals surface area contributed by atoms with Crippen molar-refractivity contribution in [3.63, 3.8) is 0 Å². The lowest BCUT2D eigenvalue weighted by molar-refractivity contribution is -0.122. The van der Waals surface area contributed by atoms with Gasteiger partial charge in [-0.05, 0) is 37.3 Å². The molecule has 2 aromatic carbocycles. The smallest absolute Gasteiger partial charge is 0.265 e. The number of hydrogen-bond acceptors (Lipinski definition) is 4. The highest BCUT2D eigenvalue weighted by Crippen LogP contribution is 2.30. The van der Waals surface area contributed by atoms with Crippen molar-refractivity contribution in [2.24, 2.45) is 5.92 Å². The number of likely N-dealkylation sites (tertiary alicyclic amines) is 1. The van der Waals surface area contributed by atoms with Gasteiger partial charge in [-0.3, -0.25) is 9.59 Å². The van der Waals surface area contributed by atoms with Gasteiger partial charge in [0.05, 0.1) is 5.69 Å². The minimum Gasteiger partial charge on any atom is -0.352 e. The fourth-order valence-electron chi connectivity index (χ4n) is 3.95. The number of hydrogen-bond donors (Lipinski definition) is 1. The van der Waals surface area contributed by atoms with Gasteiger partial charge in [0.2, 0.25) is 5.91 Å². The molecular formula is C25H26ClN3O2S. The average molecular weight is 468 g/mol. The van der Waals surface area contributed by atoms with E-state index in [1.54, 1.807) is 0 Å². The molecule has 1 aromatic heterocycles. The number of rotatable bonds is 6. The number of carbonyl (C=O) groups is 2. The summed E-state index contributed by atoms with van der Waals surface area (Å²) in [4.78, 5) is 32.7. The molecule has 1 saturated heterocycles. The first-order chi connectivity index (χ1) is 15.5. The quantitative estimate of drug-likeness (QED) is 0.532. The van der Waals surface area contributed by atoms with Crippen molar-refractivity contribution in [3.05, 3.63) is 75.8 Å². The van der Waals surface area contributed by atoms with Crippen LogP contribution in [0.4, 0.5) is 0 Å². The van der Waals surface area contributed by atoms with E-state index in [1.165, 1.54) is 11.3 Å². The van der Waals surface area contributed by atoms with Crippen LogP contribution in [0.2, 0.25) is 5.02 Å². The molecule has 4 rings (SSSR count). The number of piperidine rings is 1. The van der Waals surface area contributed by atoms with Gasteiger partial charge in [-0.2, -0.15) is 0 Å². The molecule has 1 aliphatic heterocycles. The van der Waals surface area contributed by atoms with Gasteiger partial charge in [0.15, 0.2) is 0 Å². The van der Waals surface area contributed by atoms with E-state index in [0.29, 0.717) is 36.0 Å². The van der Waals surface area contributed by atoms with Crippen molar-refractivity contribution in [1.29, 1.82) is 0 Å². The number of nitrogens with zero attached hydrogens (tertiary/aromatic N) is 2. The summed E-state index contributed by atoms with van der Waals surface area (Å²) in [6, 6.07) is 17.5. The molecule has 0 aliphatic carbocycles. The van der Waals surface area contributed by atoms with Gasteiger partial charge in [-0.1, -0.05) is 60.1 Å². The number of nitrogens with one attached hydrogen (secondary N) is 1. The first-order valence-corrected chi connectivity index (χ1v) is 12.0. The summed E-state index contributed by atoms with van der Waals surface area (Å²) in [6.45, 7) is 3.66. The second-order valence-corrected chi connectivity index (χ2v) is 9.51. The van der Waals surface area contributed by atoms with E-state index in [4.69, 9.17) is 11.6 Å². The maximum atomic E-state index is 13.1. The van der Waals surface area contributed by atoms with E-state index in [9.17, 15) is 9.59 Å². The van der Waals surface area contributed by atoms with Crippen LogP contribution >= 0.6 is 22.9 Å². The zero-order valence-corrected chi connectivity index (χ0v) is 19.6. The SMILES string of the molecule is Cc1nc(-c2ccccc2)sc1C(=O)N1CCC(CC(=O)NCc2ccccc2Cl)CC1.